The van der Waals surface area contributed by atoms with Gasteiger partial charge in [0, 0.05) is 6.04 Å². The van der Waals surface area contributed by atoms with Crippen molar-refractivity contribution in [2.75, 3.05) is 7.05 Å². The minimum atomic E-state index is -0.219. The first-order valence-corrected chi connectivity index (χ1v) is 5.89. The van der Waals surface area contributed by atoms with Crippen molar-refractivity contribution in [1.82, 2.24) is 14.9 Å². The summed E-state index contributed by atoms with van der Waals surface area (Å²) >= 11 is 0. The van der Waals surface area contributed by atoms with Gasteiger partial charge in [0.05, 0.1) is 17.1 Å². The van der Waals surface area contributed by atoms with Crippen LogP contribution in [0.5, 0.6) is 0 Å². The number of fused-ring (bicyclic) bond motifs is 1. The third-order valence-electron chi connectivity index (χ3n) is 3.02. The zero-order valence-corrected chi connectivity index (χ0v) is 10.7. The highest BCUT2D eigenvalue weighted by Gasteiger charge is 2.17. The van der Waals surface area contributed by atoms with Crippen molar-refractivity contribution in [2.45, 2.75) is 32.9 Å². The number of nitrogens with one attached hydrogen (secondary N) is 1. The van der Waals surface area contributed by atoms with E-state index >= 15 is 0 Å². The van der Waals surface area contributed by atoms with E-state index in [1.165, 1.54) is 6.07 Å². The van der Waals surface area contributed by atoms with Crippen molar-refractivity contribution in [3.05, 3.63) is 29.8 Å². The molecule has 2 aromatic rings. The number of nitrogens with zero attached hydrogens (tertiary/aromatic N) is 2. The topological polar surface area (TPSA) is 29.9 Å². The van der Waals surface area contributed by atoms with Gasteiger partial charge in [0.25, 0.3) is 0 Å². The molecule has 0 fully saturated rings. The summed E-state index contributed by atoms with van der Waals surface area (Å²) in [6.07, 6.45) is 0. The summed E-state index contributed by atoms with van der Waals surface area (Å²) in [4.78, 5) is 4.58. The number of benzene rings is 1. The van der Waals surface area contributed by atoms with Gasteiger partial charge in [-0.1, -0.05) is 0 Å². The third kappa shape index (κ3) is 2.05. The van der Waals surface area contributed by atoms with Crippen LogP contribution in [0.4, 0.5) is 4.39 Å². The molecule has 1 N–H and O–H groups in total. The zero-order chi connectivity index (χ0) is 12.6. The maximum Gasteiger partial charge on any atom is 0.127 e. The first kappa shape index (κ1) is 12.0. The molecule has 3 nitrogen and oxygen atoms in total. The Hall–Kier alpha value is -1.42. The Morgan fingerprint density at radius 2 is 2.00 bits per heavy atom. The molecule has 0 amide bonds. The van der Waals surface area contributed by atoms with Crippen LogP contribution in [-0.4, -0.2) is 16.6 Å². The van der Waals surface area contributed by atoms with Gasteiger partial charge in [-0.2, -0.15) is 0 Å². The first-order chi connectivity index (χ1) is 8.04. The van der Waals surface area contributed by atoms with Crippen LogP contribution in [0.2, 0.25) is 0 Å². The van der Waals surface area contributed by atoms with Gasteiger partial charge in [-0.25, -0.2) is 9.37 Å². The second-order valence-electron chi connectivity index (χ2n) is 4.58. The number of imidazole rings is 1. The predicted octanol–water partition coefficient (Wildman–Crippen LogP) is 3.04. The van der Waals surface area contributed by atoms with Crippen LogP contribution in [0.3, 0.4) is 0 Å². The summed E-state index contributed by atoms with van der Waals surface area (Å²) < 4.78 is 15.4. The second kappa shape index (κ2) is 4.45. The van der Waals surface area contributed by atoms with Gasteiger partial charge in [-0.15, -0.1) is 0 Å². The molecule has 0 aliphatic heterocycles. The Kier molecular flexibility index (Phi) is 3.15. The lowest BCUT2D eigenvalue weighted by molar-refractivity contribution is 0.520. The van der Waals surface area contributed by atoms with E-state index in [2.05, 4.69) is 35.6 Å². The van der Waals surface area contributed by atoms with Crippen LogP contribution in [0.25, 0.3) is 11.0 Å². The quantitative estimate of drug-likeness (QED) is 0.886. The fourth-order valence-corrected chi connectivity index (χ4v) is 2.06. The fraction of sp³-hybridized carbons (Fsp3) is 0.462. The number of hydrogen-bond donors (Lipinski definition) is 1. The molecule has 1 heterocycles. The average molecular weight is 235 g/mol. The summed E-state index contributed by atoms with van der Waals surface area (Å²) in [6.45, 7) is 6.21. The van der Waals surface area contributed by atoms with Gasteiger partial charge in [0.1, 0.15) is 11.6 Å². The first-order valence-electron chi connectivity index (χ1n) is 5.89. The van der Waals surface area contributed by atoms with Crippen molar-refractivity contribution >= 4 is 11.0 Å². The molecule has 2 rings (SSSR count). The molecule has 4 heteroatoms. The summed E-state index contributed by atoms with van der Waals surface area (Å²) in [5.41, 5.74) is 1.70. The zero-order valence-electron chi connectivity index (χ0n) is 10.7. The Morgan fingerprint density at radius 3 is 2.59 bits per heavy atom. The molecule has 17 heavy (non-hydrogen) atoms. The van der Waals surface area contributed by atoms with E-state index in [0.29, 0.717) is 0 Å². The standard InChI is InChI=1S/C13H18FN3/c1-8(2)17-12-7-10(14)5-6-11(12)16-13(17)9(3)15-4/h5-9,15H,1-4H3. The minimum absolute atomic E-state index is 0.146. The van der Waals surface area contributed by atoms with Gasteiger partial charge in [-0.05, 0) is 46.0 Å². The van der Waals surface area contributed by atoms with Crippen LogP contribution < -0.4 is 5.32 Å². The van der Waals surface area contributed by atoms with E-state index in [0.717, 1.165) is 16.9 Å². The number of rotatable bonds is 3. The smallest absolute Gasteiger partial charge is 0.127 e. The lowest BCUT2D eigenvalue weighted by Gasteiger charge is -2.17. The van der Waals surface area contributed by atoms with Gasteiger partial charge >= 0.3 is 0 Å². The molecular weight excluding hydrogens is 217 g/mol. The third-order valence-corrected chi connectivity index (χ3v) is 3.02. The molecule has 1 unspecified atom stereocenters. The van der Waals surface area contributed by atoms with E-state index in [-0.39, 0.29) is 17.9 Å². The van der Waals surface area contributed by atoms with Crippen molar-refractivity contribution in [3.63, 3.8) is 0 Å². The largest absolute Gasteiger partial charge is 0.324 e. The lowest BCUT2D eigenvalue weighted by atomic mass is 10.2. The highest BCUT2D eigenvalue weighted by atomic mass is 19.1. The van der Waals surface area contributed by atoms with Crippen LogP contribution in [-0.2, 0) is 0 Å². The average Bonchev–Trinajstić information content (AvgIpc) is 2.66. The molecule has 1 atom stereocenters. The van der Waals surface area contributed by atoms with E-state index < -0.39 is 0 Å². The maximum atomic E-state index is 13.3. The van der Waals surface area contributed by atoms with Gasteiger partial charge in [-0.3, -0.25) is 0 Å². The van der Waals surface area contributed by atoms with Crippen LogP contribution >= 0.6 is 0 Å². The molecule has 1 aromatic heterocycles. The SMILES string of the molecule is CNC(C)c1nc2ccc(F)cc2n1C(C)C. The highest BCUT2D eigenvalue weighted by Crippen LogP contribution is 2.25. The van der Waals surface area contributed by atoms with Crippen LogP contribution in [0.1, 0.15) is 38.7 Å². The van der Waals surface area contributed by atoms with Gasteiger partial charge in [0.2, 0.25) is 0 Å². The minimum Gasteiger partial charge on any atom is -0.324 e. The Labute approximate surface area is 101 Å². The predicted molar refractivity (Wildman–Crippen MR) is 67.6 cm³/mol. The summed E-state index contributed by atoms with van der Waals surface area (Å²) in [7, 11) is 1.90. The molecule has 1 aromatic carbocycles. The number of aromatic nitrogens is 2. The van der Waals surface area contributed by atoms with Crippen molar-refractivity contribution < 1.29 is 4.39 Å². The van der Waals surface area contributed by atoms with E-state index in [1.54, 1.807) is 12.1 Å². The monoisotopic (exact) mass is 235 g/mol. The molecular formula is C13H18FN3. The summed E-state index contributed by atoms with van der Waals surface area (Å²) in [6, 6.07) is 5.14. The molecule has 0 aliphatic rings. The summed E-state index contributed by atoms with van der Waals surface area (Å²) in [5, 5.41) is 3.17. The van der Waals surface area contributed by atoms with E-state index in [1.807, 2.05) is 7.05 Å². The normalized spacial score (nSPS) is 13.5. The molecule has 0 saturated heterocycles. The Morgan fingerprint density at radius 1 is 1.29 bits per heavy atom. The Bertz CT molecular complexity index is 531. The maximum absolute atomic E-state index is 13.3. The molecule has 0 saturated carbocycles. The van der Waals surface area contributed by atoms with Crippen molar-refractivity contribution in [2.24, 2.45) is 0 Å². The fourth-order valence-electron chi connectivity index (χ4n) is 2.06. The molecule has 92 valence electrons. The van der Waals surface area contributed by atoms with Crippen LogP contribution in [0, 0.1) is 5.82 Å². The lowest BCUT2D eigenvalue weighted by Crippen LogP contribution is -2.18. The highest BCUT2D eigenvalue weighted by molar-refractivity contribution is 5.76. The van der Waals surface area contributed by atoms with Crippen LogP contribution in [0.15, 0.2) is 18.2 Å². The molecule has 0 spiro atoms. The number of halogens is 1. The second-order valence-corrected chi connectivity index (χ2v) is 4.58. The molecule has 0 radical (unpaired) electrons. The van der Waals surface area contributed by atoms with Crippen molar-refractivity contribution in [3.8, 4) is 0 Å². The number of hydrogen-bond acceptors (Lipinski definition) is 2. The molecule has 0 bridgehead atoms. The Balaban J connectivity index is 2.71. The van der Waals surface area contributed by atoms with E-state index in [9.17, 15) is 4.39 Å². The molecule has 0 aliphatic carbocycles. The van der Waals surface area contributed by atoms with Crippen molar-refractivity contribution in [1.29, 1.82) is 0 Å². The summed E-state index contributed by atoms with van der Waals surface area (Å²) in [5.74, 6) is 0.728. The van der Waals surface area contributed by atoms with Gasteiger partial charge in [0.15, 0.2) is 0 Å². The van der Waals surface area contributed by atoms with E-state index in [4.69, 9.17) is 0 Å². The van der Waals surface area contributed by atoms with Gasteiger partial charge < -0.3 is 9.88 Å².